The lowest BCUT2D eigenvalue weighted by atomic mass is 9.98. The van der Waals surface area contributed by atoms with Crippen LogP contribution in [0.5, 0.6) is 0 Å². The van der Waals surface area contributed by atoms with Gasteiger partial charge in [-0.15, -0.1) is 0 Å². The minimum atomic E-state index is -0.126. The Labute approximate surface area is 144 Å². The molecule has 2 aromatic carbocycles. The molecule has 0 aliphatic carbocycles. The number of H-pyrrole nitrogens is 1. The summed E-state index contributed by atoms with van der Waals surface area (Å²) in [5.74, 6) is 0. The summed E-state index contributed by atoms with van der Waals surface area (Å²) in [7, 11) is 0. The Morgan fingerprint density at radius 2 is 1.96 bits per heavy atom. The first-order chi connectivity index (χ1) is 12.3. The van der Waals surface area contributed by atoms with Gasteiger partial charge in [0.2, 0.25) is 0 Å². The Balaban J connectivity index is 1.90. The normalized spacial score (nSPS) is 12.4. The number of fused-ring (bicyclic) bond motifs is 1. The first kappa shape index (κ1) is 15.3. The monoisotopic (exact) mass is 331 g/mol. The molecule has 0 amide bonds. The summed E-state index contributed by atoms with van der Waals surface area (Å²) in [6.07, 6.45) is 3.84. The predicted octanol–water partition coefficient (Wildman–Crippen LogP) is 2.71. The van der Waals surface area contributed by atoms with Gasteiger partial charge in [-0.2, -0.15) is 5.10 Å². The third-order valence-corrected chi connectivity index (χ3v) is 4.25. The van der Waals surface area contributed by atoms with Gasteiger partial charge in [-0.3, -0.25) is 4.79 Å². The quantitative estimate of drug-likeness (QED) is 0.624. The summed E-state index contributed by atoms with van der Waals surface area (Å²) >= 11 is 0. The van der Waals surface area contributed by atoms with Crippen LogP contribution in [0.15, 0.2) is 66.0 Å². The number of aromatic amines is 1. The van der Waals surface area contributed by atoms with E-state index in [9.17, 15) is 4.79 Å². The topological polar surface area (TPSA) is 76.5 Å². The molecule has 0 saturated heterocycles. The number of nitrogens with zero attached hydrogens (tertiary/aromatic N) is 4. The molecular weight excluding hydrogens is 314 g/mol. The third-order valence-electron chi connectivity index (χ3n) is 4.25. The van der Waals surface area contributed by atoms with Gasteiger partial charge in [0.25, 0.3) is 5.56 Å². The fourth-order valence-electron chi connectivity index (χ4n) is 3.03. The van der Waals surface area contributed by atoms with Crippen LogP contribution >= 0.6 is 0 Å². The van der Waals surface area contributed by atoms with Crippen LogP contribution in [0.3, 0.4) is 0 Å². The molecule has 1 N–H and O–H groups in total. The van der Waals surface area contributed by atoms with Crippen molar-refractivity contribution in [1.82, 2.24) is 24.7 Å². The van der Waals surface area contributed by atoms with Gasteiger partial charge in [-0.1, -0.05) is 43.3 Å². The molecule has 2 heterocycles. The second-order valence-electron chi connectivity index (χ2n) is 5.83. The Morgan fingerprint density at radius 1 is 1.12 bits per heavy atom. The van der Waals surface area contributed by atoms with E-state index in [1.54, 1.807) is 6.33 Å². The minimum absolute atomic E-state index is 0.105. The van der Waals surface area contributed by atoms with Crippen molar-refractivity contribution < 1.29 is 0 Å². The number of hydrogen-bond acceptors (Lipinski definition) is 4. The average Bonchev–Trinajstić information content (AvgIpc) is 3.16. The van der Waals surface area contributed by atoms with E-state index >= 15 is 0 Å². The van der Waals surface area contributed by atoms with Gasteiger partial charge in [-0.05, 0) is 29.7 Å². The third kappa shape index (κ3) is 2.82. The summed E-state index contributed by atoms with van der Waals surface area (Å²) in [6.45, 7) is 1.93. The predicted molar refractivity (Wildman–Crippen MR) is 95.4 cm³/mol. The first-order valence-electron chi connectivity index (χ1n) is 8.18. The number of nitrogens with one attached hydrogen (secondary N) is 1. The zero-order chi connectivity index (χ0) is 17.2. The highest BCUT2D eigenvalue weighted by atomic mass is 16.1. The lowest BCUT2D eigenvalue weighted by molar-refractivity contribution is 0.594. The summed E-state index contributed by atoms with van der Waals surface area (Å²) in [5, 5.41) is 4.32. The summed E-state index contributed by atoms with van der Waals surface area (Å²) in [5.41, 5.74) is 4.06. The van der Waals surface area contributed by atoms with E-state index in [4.69, 9.17) is 0 Å². The van der Waals surface area contributed by atoms with Gasteiger partial charge in [0.05, 0.1) is 11.0 Å². The molecule has 0 saturated carbocycles. The molecule has 1 atom stereocenters. The fourth-order valence-corrected chi connectivity index (χ4v) is 3.03. The van der Waals surface area contributed by atoms with Crippen LogP contribution in [0, 0.1) is 0 Å². The Morgan fingerprint density at radius 3 is 2.68 bits per heavy atom. The maximum absolute atomic E-state index is 12.0. The van der Waals surface area contributed by atoms with Crippen molar-refractivity contribution >= 4 is 11.0 Å². The van der Waals surface area contributed by atoms with E-state index in [2.05, 4.69) is 32.2 Å². The van der Waals surface area contributed by atoms with Crippen LogP contribution in [-0.4, -0.2) is 24.7 Å². The Bertz CT molecular complexity index is 1050. The number of rotatable bonds is 4. The summed E-state index contributed by atoms with van der Waals surface area (Å²) in [6, 6.07) is 15.9. The molecule has 0 fully saturated rings. The first-order valence-corrected chi connectivity index (χ1v) is 8.18. The van der Waals surface area contributed by atoms with Crippen LogP contribution in [0.1, 0.15) is 29.8 Å². The highest BCUT2D eigenvalue weighted by Crippen LogP contribution is 2.27. The van der Waals surface area contributed by atoms with Crippen molar-refractivity contribution in [2.75, 3.05) is 0 Å². The number of aromatic nitrogens is 5. The minimum Gasteiger partial charge on any atom is -0.319 e. The van der Waals surface area contributed by atoms with Crippen molar-refractivity contribution in [3.63, 3.8) is 0 Å². The second kappa shape index (κ2) is 6.32. The van der Waals surface area contributed by atoms with E-state index in [0.29, 0.717) is 12.1 Å². The standard InChI is InChI=1S/C19H17N5O/c1-2-15-19(25)23-16-9-8-14(10-17(16)22-15)18(24-12-20-11-21-24)13-6-4-3-5-7-13/h3-12,18H,2H2,1H3,(H,23,25). The van der Waals surface area contributed by atoms with Gasteiger partial charge < -0.3 is 4.98 Å². The molecule has 1 unspecified atom stereocenters. The highest BCUT2D eigenvalue weighted by molar-refractivity contribution is 5.75. The van der Waals surface area contributed by atoms with Crippen LogP contribution in [0.4, 0.5) is 0 Å². The largest absolute Gasteiger partial charge is 0.319 e. The summed E-state index contributed by atoms with van der Waals surface area (Å²) in [4.78, 5) is 23.5. The molecule has 25 heavy (non-hydrogen) atoms. The van der Waals surface area contributed by atoms with Gasteiger partial charge in [-0.25, -0.2) is 14.6 Å². The van der Waals surface area contributed by atoms with Crippen molar-refractivity contribution in [2.45, 2.75) is 19.4 Å². The maximum atomic E-state index is 12.0. The van der Waals surface area contributed by atoms with Crippen molar-refractivity contribution in [1.29, 1.82) is 0 Å². The van der Waals surface area contributed by atoms with Crippen LogP contribution in [0.25, 0.3) is 11.0 Å². The second-order valence-corrected chi connectivity index (χ2v) is 5.83. The van der Waals surface area contributed by atoms with Gasteiger partial charge in [0, 0.05) is 0 Å². The molecule has 6 heteroatoms. The van der Waals surface area contributed by atoms with Crippen molar-refractivity contribution in [2.24, 2.45) is 0 Å². The van der Waals surface area contributed by atoms with E-state index in [1.807, 2.05) is 48.0 Å². The molecule has 4 aromatic rings. The molecule has 4 rings (SSSR count). The van der Waals surface area contributed by atoms with Crippen molar-refractivity contribution in [3.05, 3.63) is 88.4 Å². The van der Waals surface area contributed by atoms with Crippen LogP contribution in [-0.2, 0) is 6.42 Å². The zero-order valence-electron chi connectivity index (χ0n) is 13.8. The molecule has 0 aliphatic rings. The van der Waals surface area contributed by atoms with E-state index < -0.39 is 0 Å². The lowest BCUT2D eigenvalue weighted by Crippen LogP contribution is -2.16. The number of hydrogen-bond donors (Lipinski definition) is 1. The highest BCUT2D eigenvalue weighted by Gasteiger charge is 2.18. The van der Waals surface area contributed by atoms with E-state index in [1.165, 1.54) is 6.33 Å². The van der Waals surface area contributed by atoms with Crippen LogP contribution < -0.4 is 5.56 Å². The molecular formula is C19H17N5O. The molecule has 0 radical (unpaired) electrons. The Hall–Kier alpha value is -3.28. The van der Waals surface area contributed by atoms with Gasteiger partial charge in [0.15, 0.2) is 0 Å². The molecule has 6 nitrogen and oxygen atoms in total. The number of aryl methyl sites for hydroxylation is 1. The van der Waals surface area contributed by atoms with Crippen molar-refractivity contribution in [3.8, 4) is 0 Å². The van der Waals surface area contributed by atoms with E-state index in [0.717, 1.165) is 22.2 Å². The Kier molecular flexibility index (Phi) is 3.85. The summed E-state index contributed by atoms with van der Waals surface area (Å²) < 4.78 is 1.82. The van der Waals surface area contributed by atoms with Gasteiger partial charge in [0.1, 0.15) is 24.4 Å². The maximum Gasteiger partial charge on any atom is 0.270 e. The molecule has 0 spiro atoms. The molecule has 124 valence electrons. The van der Waals surface area contributed by atoms with Crippen LogP contribution in [0.2, 0.25) is 0 Å². The molecule has 0 bridgehead atoms. The van der Waals surface area contributed by atoms with Gasteiger partial charge >= 0.3 is 0 Å². The fraction of sp³-hybridized carbons (Fsp3) is 0.158. The van der Waals surface area contributed by atoms with E-state index in [-0.39, 0.29) is 11.6 Å². The average molecular weight is 331 g/mol. The lowest BCUT2D eigenvalue weighted by Gasteiger charge is -2.18. The molecule has 0 aliphatic heterocycles. The zero-order valence-corrected chi connectivity index (χ0v) is 13.8. The smallest absolute Gasteiger partial charge is 0.270 e. The number of benzene rings is 2. The molecule has 2 aromatic heterocycles. The SMILES string of the molecule is CCc1nc2cc(C(c3ccccc3)n3cncn3)ccc2[nH]c1=O.